The normalized spacial score (nSPS) is 11.5. The van der Waals surface area contributed by atoms with Crippen LogP contribution in [0.1, 0.15) is 18.9 Å². The third-order valence-electron chi connectivity index (χ3n) is 2.87. The molecule has 0 bridgehead atoms. The van der Waals surface area contributed by atoms with Gasteiger partial charge in [-0.25, -0.2) is 4.39 Å². The zero-order chi connectivity index (χ0) is 16.5. The summed E-state index contributed by atoms with van der Waals surface area (Å²) in [5, 5.41) is 13.6. The van der Waals surface area contributed by atoms with Gasteiger partial charge in [-0.2, -0.15) is 0 Å². The molecule has 3 N–H and O–H groups in total. The molecule has 0 saturated carbocycles. The van der Waals surface area contributed by atoms with Crippen LogP contribution in [0.4, 0.5) is 4.39 Å². The molecule has 0 radical (unpaired) electrons. The molecule has 0 fully saturated rings. The van der Waals surface area contributed by atoms with Gasteiger partial charge in [-0.15, -0.1) is 0 Å². The SMILES string of the molecule is CC(CNC(=O)CNC(=O)Cc1cccc(F)c1)CC(=O)O. The summed E-state index contributed by atoms with van der Waals surface area (Å²) in [6.45, 7) is 1.73. The first-order valence-corrected chi connectivity index (χ1v) is 6.86. The summed E-state index contributed by atoms with van der Waals surface area (Å²) >= 11 is 0. The predicted molar refractivity (Wildman–Crippen MR) is 77.5 cm³/mol. The summed E-state index contributed by atoms with van der Waals surface area (Å²) in [5.74, 6) is -2.32. The molecule has 1 unspecified atom stereocenters. The zero-order valence-corrected chi connectivity index (χ0v) is 12.3. The highest BCUT2D eigenvalue weighted by Crippen LogP contribution is 2.04. The number of carbonyl (C=O) groups is 3. The number of nitrogens with one attached hydrogen (secondary N) is 2. The Kier molecular flexibility index (Phi) is 7.01. The van der Waals surface area contributed by atoms with E-state index in [4.69, 9.17) is 5.11 Å². The number of benzene rings is 1. The van der Waals surface area contributed by atoms with Crippen LogP contribution in [-0.2, 0) is 20.8 Å². The van der Waals surface area contributed by atoms with Gasteiger partial charge in [0.25, 0.3) is 0 Å². The quantitative estimate of drug-likeness (QED) is 0.659. The monoisotopic (exact) mass is 310 g/mol. The molecule has 0 aromatic heterocycles. The van der Waals surface area contributed by atoms with Crippen LogP contribution in [-0.4, -0.2) is 36.0 Å². The number of hydrogen-bond donors (Lipinski definition) is 3. The zero-order valence-electron chi connectivity index (χ0n) is 12.3. The number of halogens is 1. The molecule has 22 heavy (non-hydrogen) atoms. The fraction of sp³-hybridized carbons (Fsp3) is 0.400. The Balaban J connectivity index is 2.26. The van der Waals surface area contributed by atoms with Crippen LogP contribution in [0.2, 0.25) is 0 Å². The molecule has 0 spiro atoms. The van der Waals surface area contributed by atoms with E-state index in [1.807, 2.05) is 0 Å². The van der Waals surface area contributed by atoms with E-state index in [2.05, 4.69) is 10.6 Å². The summed E-state index contributed by atoms with van der Waals surface area (Å²) in [6, 6.07) is 5.67. The van der Waals surface area contributed by atoms with E-state index in [9.17, 15) is 18.8 Å². The first-order chi connectivity index (χ1) is 10.4. The van der Waals surface area contributed by atoms with Gasteiger partial charge < -0.3 is 15.7 Å². The van der Waals surface area contributed by atoms with Crippen LogP contribution >= 0.6 is 0 Å². The van der Waals surface area contributed by atoms with Gasteiger partial charge in [-0.05, 0) is 23.6 Å². The van der Waals surface area contributed by atoms with E-state index < -0.39 is 17.7 Å². The number of carbonyl (C=O) groups excluding carboxylic acids is 2. The Hall–Kier alpha value is -2.44. The first-order valence-electron chi connectivity index (χ1n) is 6.86. The molecule has 0 aliphatic rings. The molecule has 2 amide bonds. The molecule has 1 aromatic carbocycles. The molecule has 0 saturated heterocycles. The second-order valence-corrected chi connectivity index (χ2v) is 5.09. The Labute approximate surface area is 127 Å². The van der Waals surface area contributed by atoms with Gasteiger partial charge in [0.2, 0.25) is 11.8 Å². The lowest BCUT2D eigenvalue weighted by Gasteiger charge is -2.11. The summed E-state index contributed by atoms with van der Waals surface area (Å²) in [5.41, 5.74) is 0.521. The number of carboxylic acids is 1. The molecular formula is C15H19FN2O4. The largest absolute Gasteiger partial charge is 0.481 e. The second-order valence-electron chi connectivity index (χ2n) is 5.09. The molecule has 7 heteroatoms. The predicted octanol–water partition coefficient (Wildman–Crippen LogP) is 0.711. The van der Waals surface area contributed by atoms with Crippen molar-refractivity contribution in [1.29, 1.82) is 0 Å². The van der Waals surface area contributed by atoms with Crippen molar-refractivity contribution in [2.45, 2.75) is 19.8 Å². The number of hydrogen-bond acceptors (Lipinski definition) is 3. The third kappa shape index (κ3) is 7.37. The topological polar surface area (TPSA) is 95.5 Å². The molecular weight excluding hydrogens is 291 g/mol. The summed E-state index contributed by atoms with van der Waals surface area (Å²) < 4.78 is 13.0. The lowest BCUT2D eigenvalue weighted by atomic mass is 10.1. The Morgan fingerprint density at radius 2 is 1.95 bits per heavy atom. The lowest BCUT2D eigenvalue weighted by molar-refractivity contribution is -0.138. The van der Waals surface area contributed by atoms with E-state index in [0.29, 0.717) is 5.56 Å². The van der Waals surface area contributed by atoms with Crippen molar-refractivity contribution in [1.82, 2.24) is 10.6 Å². The molecule has 0 aliphatic carbocycles. The number of rotatable bonds is 8. The van der Waals surface area contributed by atoms with Crippen LogP contribution < -0.4 is 10.6 Å². The molecule has 6 nitrogen and oxygen atoms in total. The van der Waals surface area contributed by atoms with Crippen LogP contribution in [0.15, 0.2) is 24.3 Å². The summed E-state index contributed by atoms with van der Waals surface area (Å²) in [6.07, 6.45) is -0.0489. The Morgan fingerprint density at radius 3 is 2.59 bits per heavy atom. The fourth-order valence-electron chi connectivity index (χ4n) is 1.79. The Morgan fingerprint density at radius 1 is 1.23 bits per heavy atom. The van der Waals surface area contributed by atoms with Gasteiger partial charge in [0.15, 0.2) is 0 Å². The Bertz CT molecular complexity index is 548. The molecule has 120 valence electrons. The lowest BCUT2D eigenvalue weighted by Crippen LogP contribution is -2.39. The van der Waals surface area contributed by atoms with E-state index in [1.165, 1.54) is 18.2 Å². The average molecular weight is 310 g/mol. The average Bonchev–Trinajstić information content (AvgIpc) is 2.42. The van der Waals surface area contributed by atoms with Crippen molar-refractivity contribution in [3.05, 3.63) is 35.6 Å². The van der Waals surface area contributed by atoms with Gasteiger partial charge in [-0.3, -0.25) is 14.4 Å². The molecule has 1 atom stereocenters. The molecule has 0 aliphatic heterocycles. The molecule has 1 rings (SSSR count). The van der Waals surface area contributed by atoms with Crippen LogP contribution in [0.25, 0.3) is 0 Å². The molecule has 1 aromatic rings. The van der Waals surface area contributed by atoms with E-state index in [-0.39, 0.29) is 37.8 Å². The second kappa shape index (κ2) is 8.76. The van der Waals surface area contributed by atoms with Crippen molar-refractivity contribution in [2.24, 2.45) is 5.92 Å². The van der Waals surface area contributed by atoms with E-state index in [1.54, 1.807) is 13.0 Å². The maximum atomic E-state index is 13.0. The van der Waals surface area contributed by atoms with Crippen LogP contribution in [0, 0.1) is 11.7 Å². The van der Waals surface area contributed by atoms with E-state index in [0.717, 1.165) is 0 Å². The minimum Gasteiger partial charge on any atom is -0.481 e. The van der Waals surface area contributed by atoms with Gasteiger partial charge in [-0.1, -0.05) is 19.1 Å². The van der Waals surface area contributed by atoms with Crippen molar-refractivity contribution in [3.63, 3.8) is 0 Å². The first kappa shape index (κ1) is 17.6. The minimum atomic E-state index is -0.926. The number of aliphatic carboxylic acids is 1. The van der Waals surface area contributed by atoms with Gasteiger partial charge in [0.1, 0.15) is 5.82 Å². The van der Waals surface area contributed by atoms with Gasteiger partial charge in [0.05, 0.1) is 13.0 Å². The van der Waals surface area contributed by atoms with Crippen molar-refractivity contribution in [2.75, 3.05) is 13.1 Å². The van der Waals surface area contributed by atoms with E-state index >= 15 is 0 Å². The third-order valence-corrected chi connectivity index (χ3v) is 2.87. The van der Waals surface area contributed by atoms with Crippen molar-refractivity contribution >= 4 is 17.8 Å². The highest BCUT2D eigenvalue weighted by molar-refractivity contribution is 5.85. The highest BCUT2D eigenvalue weighted by atomic mass is 19.1. The fourth-order valence-corrected chi connectivity index (χ4v) is 1.79. The van der Waals surface area contributed by atoms with Crippen molar-refractivity contribution in [3.8, 4) is 0 Å². The maximum Gasteiger partial charge on any atom is 0.303 e. The number of carboxylic acid groups (broad SMARTS) is 1. The van der Waals surface area contributed by atoms with Gasteiger partial charge in [0, 0.05) is 13.0 Å². The highest BCUT2D eigenvalue weighted by Gasteiger charge is 2.10. The van der Waals surface area contributed by atoms with Gasteiger partial charge >= 0.3 is 5.97 Å². The molecule has 0 heterocycles. The summed E-state index contributed by atoms with van der Waals surface area (Å²) in [7, 11) is 0. The number of amides is 2. The minimum absolute atomic E-state index is 0.0134. The smallest absolute Gasteiger partial charge is 0.303 e. The van der Waals surface area contributed by atoms with Crippen molar-refractivity contribution < 1.29 is 23.9 Å². The van der Waals surface area contributed by atoms with Crippen LogP contribution in [0.3, 0.4) is 0 Å². The standard InChI is InChI=1S/C15H19FN2O4/c1-10(5-15(21)22)8-17-14(20)9-18-13(19)7-11-3-2-4-12(16)6-11/h2-4,6,10H,5,7-9H2,1H3,(H,17,20)(H,18,19)(H,21,22). The maximum absolute atomic E-state index is 13.0. The van der Waals surface area contributed by atoms with Crippen LogP contribution in [0.5, 0.6) is 0 Å². The summed E-state index contributed by atoms with van der Waals surface area (Å²) in [4.78, 5) is 33.6.